The van der Waals surface area contributed by atoms with Gasteiger partial charge >= 0.3 is 0 Å². The fourth-order valence-electron chi connectivity index (χ4n) is 2.69. The first-order valence-electron chi connectivity index (χ1n) is 4.52. The van der Waals surface area contributed by atoms with Gasteiger partial charge < -0.3 is 0 Å². The normalized spacial score (nSPS) is 47.1. The van der Waals surface area contributed by atoms with E-state index in [-0.39, 0.29) is 0 Å². The molecular weight excluding hydrogens is 235 g/mol. The van der Waals surface area contributed by atoms with Gasteiger partial charge in [0.05, 0.1) is 0 Å². The van der Waals surface area contributed by atoms with Gasteiger partial charge in [-0.2, -0.15) is 0 Å². The Morgan fingerprint density at radius 1 is 0.900 bits per heavy atom. The molecular formula is C9H15I. The van der Waals surface area contributed by atoms with Crippen LogP contribution in [0.15, 0.2) is 0 Å². The first-order chi connectivity index (χ1) is 4.88. The van der Waals surface area contributed by atoms with Gasteiger partial charge in [0.25, 0.3) is 0 Å². The van der Waals surface area contributed by atoms with Crippen molar-refractivity contribution in [2.75, 3.05) is 0 Å². The topological polar surface area (TPSA) is 0 Å². The summed E-state index contributed by atoms with van der Waals surface area (Å²) in [4.78, 5) is 0. The number of rotatable bonds is 0. The van der Waals surface area contributed by atoms with Crippen LogP contribution < -0.4 is 0 Å². The Morgan fingerprint density at radius 3 is 2.30 bits per heavy atom. The predicted molar refractivity (Wildman–Crippen MR) is 52.5 cm³/mol. The van der Waals surface area contributed by atoms with Crippen molar-refractivity contribution in [3.05, 3.63) is 0 Å². The summed E-state index contributed by atoms with van der Waals surface area (Å²) in [7, 11) is 0. The average molecular weight is 250 g/mol. The van der Waals surface area contributed by atoms with Crippen molar-refractivity contribution in [3.63, 3.8) is 0 Å². The maximum absolute atomic E-state index is 2.67. The second kappa shape index (κ2) is 3.00. The van der Waals surface area contributed by atoms with Crippen LogP contribution in [0.4, 0.5) is 0 Å². The maximum Gasteiger partial charge on any atom is 0.0140 e. The van der Waals surface area contributed by atoms with Crippen molar-refractivity contribution in [3.8, 4) is 0 Å². The third-order valence-electron chi connectivity index (χ3n) is 3.24. The van der Waals surface area contributed by atoms with Gasteiger partial charge in [0, 0.05) is 3.92 Å². The molecule has 0 radical (unpaired) electrons. The lowest BCUT2D eigenvalue weighted by molar-refractivity contribution is 0.295. The number of hydrogen-bond acceptors (Lipinski definition) is 0. The molecule has 2 rings (SSSR count). The molecule has 0 heterocycles. The third-order valence-corrected chi connectivity index (χ3v) is 4.78. The second-order valence-corrected chi connectivity index (χ2v) is 5.40. The maximum atomic E-state index is 2.67. The van der Waals surface area contributed by atoms with Crippen molar-refractivity contribution in [1.29, 1.82) is 0 Å². The van der Waals surface area contributed by atoms with Crippen molar-refractivity contribution >= 4 is 22.6 Å². The van der Waals surface area contributed by atoms with Crippen molar-refractivity contribution in [2.45, 2.75) is 42.4 Å². The zero-order valence-electron chi connectivity index (χ0n) is 6.35. The molecule has 2 saturated carbocycles. The van der Waals surface area contributed by atoms with Crippen molar-refractivity contribution < 1.29 is 0 Å². The van der Waals surface area contributed by atoms with E-state index in [1.165, 1.54) is 25.7 Å². The molecule has 0 bridgehead atoms. The van der Waals surface area contributed by atoms with Crippen LogP contribution in [0, 0.1) is 11.8 Å². The molecule has 2 aliphatic carbocycles. The molecule has 10 heavy (non-hydrogen) atoms. The summed E-state index contributed by atoms with van der Waals surface area (Å²) in [6.45, 7) is 0. The van der Waals surface area contributed by atoms with Gasteiger partial charge in [0.2, 0.25) is 0 Å². The van der Waals surface area contributed by atoms with E-state index < -0.39 is 0 Å². The highest BCUT2D eigenvalue weighted by Gasteiger charge is 2.34. The summed E-state index contributed by atoms with van der Waals surface area (Å²) in [6, 6.07) is 0. The summed E-state index contributed by atoms with van der Waals surface area (Å²) in [5.41, 5.74) is 0. The Bertz CT molecular complexity index is 122. The molecule has 0 aliphatic heterocycles. The molecule has 1 heteroatoms. The summed E-state index contributed by atoms with van der Waals surface area (Å²) >= 11 is 2.67. The van der Waals surface area contributed by atoms with E-state index in [0.29, 0.717) is 0 Å². The molecule has 3 unspecified atom stereocenters. The molecule has 0 aromatic carbocycles. The lowest BCUT2D eigenvalue weighted by Gasteiger charge is -2.29. The zero-order valence-corrected chi connectivity index (χ0v) is 8.51. The molecule has 0 spiro atoms. The first-order valence-corrected chi connectivity index (χ1v) is 5.76. The largest absolute Gasteiger partial charge is 0.0823 e. The highest BCUT2D eigenvalue weighted by atomic mass is 127. The fourth-order valence-corrected chi connectivity index (χ4v) is 4.08. The Labute approximate surface area is 76.9 Å². The second-order valence-electron chi connectivity index (χ2n) is 3.80. The van der Waals surface area contributed by atoms with Gasteiger partial charge in [-0.1, -0.05) is 48.3 Å². The van der Waals surface area contributed by atoms with Crippen LogP contribution in [0.2, 0.25) is 0 Å². The van der Waals surface area contributed by atoms with E-state index >= 15 is 0 Å². The molecule has 58 valence electrons. The number of hydrogen-bond donors (Lipinski definition) is 0. The molecule has 3 atom stereocenters. The molecule has 2 aliphatic rings. The zero-order chi connectivity index (χ0) is 6.97. The molecule has 2 fully saturated rings. The van der Waals surface area contributed by atoms with Gasteiger partial charge in [0.1, 0.15) is 0 Å². The van der Waals surface area contributed by atoms with Crippen LogP contribution in [-0.2, 0) is 0 Å². The summed E-state index contributed by atoms with van der Waals surface area (Å²) in [6.07, 6.45) is 9.16. The number of alkyl halides is 1. The van der Waals surface area contributed by atoms with E-state index in [1.54, 1.807) is 12.8 Å². The summed E-state index contributed by atoms with van der Waals surface area (Å²) in [5.74, 6) is 2.25. The van der Waals surface area contributed by atoms with Crippen LogP contribution in [0.3, 0.4) is 0 Å². The molecule has 0 amide bonds. The molecule has 0 N–H and O–H groups in total. The summed E-state index contributed by atoms with van der Waals surface area (Å²) < 4.78 is 1.03. The lowest BCUT2D eigenvalue weighted by Crippen LogP contribution is -2.23. The van der Waals surface area contributed by atoms with Gasteiger partial charge in [0.15, 0.2) is 0 Å². The van der Waals surface area contributed by atoms with Crippen LogP contribution in [0.5, 0.6) is 0 Å². The number of fused-ring (bicyclic) bond motifs is 1. The predicted octanol–water partition coefficient (Wildman–Crippen LogP) is 3.39. The van der Waals surface area contributed by atoms with E-state index in [0.717, 1.165) is 15.8 Å². The third kappa shape index (κ3) is 1.21. The average Bonchev–Trinajstić information content (AvgIpc) is 2.36. The smallest absolute Gasteiger partial charge is 0.0140 e. The van der Waals surface area contributed by atoms with E-state index in [9.17, 15) is 0 Å². The van der Waals surface area contributed by atoms with Gasteiger partial charge in [-0.05, 0) is 24.7 Å². The standard InChI is InChI=1S/C9H15I/c10-9-6-2-4-7-3-1-5-8(7)9/h7-9H,1-6H2. The Balaban J connectivity index is 2.03. The van der Waals surface area contributed by atoms with Crippen LogP contribution in [-0.4, -0.2) is 3.92 Å². The van der Waals surface area contributed by atoms with Gasteiger partial charge in [-0.3, -0.25) is 0 Å². The van der Waals surface area contributed by atoms with E-state index in [4.69, 9.17) is 0 Å². The highest BCUT2D eigenvalue weighted by Crippen LogP contribution is 2.44. The van der Waals surface area contributed by atoms with Crippen LogP contribution >= 0.6 is 22.6 Å². The van der Waals surface area contributed by atoms with E-state index in [1.807, 2.05) is 0 Å². The van der Waals surface area contributed by atoms with Crippen molar-refractivity contribution in [1.82, 2.24) is 0 Å². The minimum absolute atomic E-state index is 1.03. The minimum Gasteiger partial charge on any atom is -0.0823 e. The van der Waals surface area contributed by atoms with E-state index in [2.05, 4.69) is 22.6 Å². The SMILES string of the molecule is IC1CCCC2CCCC12. The van der Waals surface area contributed by atoms with Gasteiger partial charge in [-0.25, -0.2) is 0 Å². The highest BCUT2D eigenvalue weighted by molar-refractivity contribution is 14.1. The Kier molecular flexibility index (Phi) is 2.21. The quantitative estimate of drug-likeness (QED) is 0.456. The molecule has 0 saturated heterocycles. The Morgan fingerprint density at radius 2 is 1.60 bits per heavy atom. The van der Waals surface area contributed by atoms with Crippen LogP contribution in [0.25, 0.3) is 0 Å². The van der Waals surface area contributed by atoms with Crippen LogP contribution in [0.1, 0.15) is 38.5 Å². The monoisotopic (exact) mass is 250 g/mol. The first kappa shape index (κ1) is 7.38. The molecule has 0 aromatic rings. The molecule has 0 aromatic heterocycles. The lowest BCUT2D eigenvalue weighted by atomic mass is 9.82. The summed E-state index contributed by atoms with van der Waals surface area (Å²) in [5, 5.41) is 0. The Hall–Kier alpha value is 0.730. The van der Waals surface area contributed by atoms with Crippen molar-refractivity contribution in [2.24, 2.45) is 11.8 Å². The van der Waals surface area contributed by atoms with Gasteiger partial charge in [-0.15, -0.1) is 0 Å². The number of halogens is 1. The minimum atomic E-state index is 1.03. The fraction of sp³-hybridized carbons (Fsp3) is 1.00. The molecule has 0 nitrogen and oxygen atoms in total.